The van der Waals surface area contributed by atoms with Crippen molar-refractivity contribution in [1.82, 2.24) is 0 Å². The van der Waals surface area contributed by atoms with Gasteiger partial charge in [0.1, 0.15) is 11.4 Å². The van der Waals surface area contributed by atoms with Crippen LogP contribution < -0.4 is 5.43 Å². The number of nitro benzene ring substituents is 1. The van der Waals surface area contributed by atoms with Crippen LogP contribution >= 0.6 is 0 Å². The molecule has 0 atom stereocenters. The van der Waals surface area contributed by atoms with Crippen LogP contribution in [0.15, 0.2) is 58.3 Å². The molecule has 20 heavy (non-hydrogen) atoms. The SMILES string of the molecule is CC(/C=C/c1ccco1)=N/Nc1ccccc1[N+](=O)[O-]. The first-order valence-corrected chi connectivity index (χ1v) is 5.92. The Morgan fingerprint density at radius 1 is 1.35 bits per heavy atom. The molecule has 0 aliphatic carbocycles. The van der Waals surface area contributed by atoms with Crippen LogP contribution in [0.1, 0.15) is 12.7 Å². The van der Waals surface area contributed by atoms with Crippen LogP contribution in [0.4, 0.5) is 11.4 Å². The number of benzene rings is 1. The summed E-state index contributed by atoms with van der Waals surface area (Å²) in [6, 6.07) is 9.95. The van der Waals surface area contributed by atoms with Gasteiger partial charge >= 0.3 is 0 Å². The maximum atomic E-state index is 10.8. The molecule has 0 unspecified atom stereocenters. The van der Waals surface area contributed by atoms with E-state index in [4.69, 9.17) is 4.42 Å². The Morgan fingerprint density at radius 2 is 2.15 bits per heavy atom. The molecule has 6 nitrogen and oxygen atoms in total. The van der Waals surface area contributed by atoms with Crippen molar-refractivity contribution in [1.29, 1.82) is 0 Å². The standard InChI is InChI=1S/C14H13N3O3/c1-11(8-9-12-5-4-10-20-12)15-16-13-6-2-3-7-14(13)17(18)19/h2-10,16H,1H3/b9-8+,15-11-. The van der Waals surface area contributed by atoms with E-state index in [2.05, 4.69) is 10.5 Å². The number of hydrogen-bond donors (Lipinski definition) is 1. The van der Waals surface area contributed by atoms with Crippen LogP contribution in [0.2, 0.25) is 0 Å². The zero-order chi connectivity index (χ0) is 14.4. The minimum Gasteiger partial charge on any atom is -0.465 e. The van der Waals surface area contributed by atoms with E-state index in [0.29, 0.717) is 17.2 Å². The van der Waals surface area contributed by atoms with Gasteiger partial charge in [-0.2, -0.15) is 5.10 Å². The van der Waals surface area contributed by atoms with Crippen LogP contribution in [-0.2, 0) is 0 Å². The Balaban J connectivity index is 2.07. The highest BCUT2D eigenvalue weighted by atomic mass is 16.6. The number of nitro groups is 1. The number of hydrazone groups is 1. The third-order valence-corrected chi connectivity index (χ3v) is 2.49. The first kappa shape index (κ1) is 13.5. The van der Waals surface area contributed by atoms with Crippen molar-refractivity contribution in [2.24, 2.45) is 5.10 Å². The van der Waals surface area contributed by atoms with Gasteiger partial charge < -0.3 is 4.42 Å². The van der Waals surface area contributed by atoms with Crippen LogP contribution in [0.3, 0.4) is 0 Å². The van der Waals surface area contributed by atoms with E-state index in [1.54, 1.807) is 49.6 Å². The maximum Gasteiger partial charge on any atom is 0.294 e. The zero-order valence-corrected chi connectivity index (χ0v) is 10.8. The molecule has 0 spiro atoms. The third-order valence-electron chi connectivity index (χ3n) is 2.49. The number of hydrogen-bond acceptors (Lipinski definition) is 5. The largest absolute Gasteiger partial charge is 0.465 e. The summed E-state index contributed by atoms with van der Waals surface area (Å²) in [6.45, 7) is 1.78. The Kier molecular flexibility index (Phi) is 4.28. The summed E-state index contributed by atoms with van der Waals surface area (Å²) in [7, 11) is 0. The van der Waals surface area contributed by atoms with Gasteiger partial charge in [-0.25, -0.2) is 0 Å². The van der Waals surface area contributed by atoms with Gasteiger partial charge in [-0.15, -0.1) is 0 Å². The van der Waals surface area contributed by atoms with E-state index in [1.165, 1.54) is 6.07 Å². The third kappa shape index (κ3) is 3.55. The number of allylic oxidation sites excluding steroid dienone is 1. The predicted molar refractivity (Wildman–Crippen MR) is 77.6 cm³/mol. The summed E-state index contributed by atoms with van der Waals surface area (Å²) in [4.78, 5) is 10.4. The lowest BCUT2D eigenvalue weighted by Crippen LogP contribution is -1.98. The number of anilines is 1. The molecule has 0 saturated carbocycles. The van der Waals surface area contributed by atoms with Gasteiger partial charge in [0.15, 0.2) is 0 Å². The van der Waals surface area contributed by atoms with Crippen molar-refractivity contribution in [3.8, 4) is 0 Å². The highest BCUT2D eigenvalue weighted by molar-refractivity contribution is 5.96. The highest BCUT2D eigenvalue weighted by Gasteiger charge is 2.10. The number of rotatable bonds is 5. The van der Waals surface area contributed by atoms with E-state index in [9.17, 15) is 10.1 Å². The van der Waals surface area contributed by atoms with Crippen molar-refractivity contribution < 1.29 is 9.34 Å². The average Bonchev–Trinajstić information content (AvgIpc) is 2.96. The van der Waals surface area contributed by atoms with Gasteiger partial charge in [0.25, 0.3) is 5.69 Å². The molecule has 0 amide bonds. The van der Waals surface area contributed by atoms with Gasteiger partial charge in [-0.1, -0.05) is 12.1 Å². The molecule has 0 fully saturated rings. The average molecular weight is 271 g/mol. The summed E-state index contributed by atoms with van der Waals surface area (Å²) < 4.78 is 5.15. The lowest BCUT2D eigenvalue weighted by Gasteiger charge is -2.01. The molecule has 2 rings (SSSR count). The second-order valence-electron chi connectivity index (χ2n) is 3.99. The highest BCUT2D eigenvalue weighted by Crippen LogP contribution is 2.22. The summed E-state index contributed by atoms with van der Waals surface area (Å²) >= 11 is 0. The molecule has 2 aromatic rings. The Hall–Kier alpha value is -2.89. The van der Waals surface area contributed by atoms with E-state index in [0.717, 1.165) is 0 Å². The van der Waals surface area contributed by atoms with Crippen LogP contribution in [0, 0.1) is 10.1 Å². The normalized spacial score (nSPS) is 11.8. The molecule has 1 N–H and O–H groups in total. The van der Waals surface area contributed by atoms with Crippen molar-refractivity contribution >= 4 is 23.2 Å². The van der Waals surface area contributed by atoms with E-state index >= 15 is 0 Å². The Morgan fingerprint density at radius 3 is 2.85 bits per heavy atom. The van der Waals surface area contributed by atoms with Gasteiger partial charge in [0, 0.05) is 6.07 Å². The molecule has 1 aromatic carbocycles. The molecule has 102 valence electrons. The molecule has 0 aliphatic heterocycles. The second kappa shape index (κ2) is 6.33. The molecular weight excluding hydrogens is 258 g/mol. The number of para-hydroxylation sites is 2. The van der Waals surface area contributed by atoms with Gasteiger partial charge in [0.05, 0.1) is 16.9 Å². The zero-order valence-electron chi connectivity index (χ0n) is 10.8. The van der Waals surface area contributed by atoms with Crippen molar-refractivity contribution in [3.63, 3.8) is 0 Å². The summed E-state index contributed by atoms with van der Waals surface area (Å²) in [6.07, 6.45) is 5.10. The van der Waals surface area contributed by atoms with Crippen LogP contribution in [0.25, 0.3) is 6.08 Å². The van der Waals surface area contributed by atoms with Crippen LogP contribution in [0.5, 0.6) is 0 Å². The summed E-state index contributed by atoms with van der Waals surface area (Å²) in [5.74, 6) is 0.713. The molecule has 0 radical (unpaired) electrons. The fraction of sp³-hybridized carbons (Fsp3) is 0.0714. The van der Waals surface area contributed by atoms with Crippen molar-refractivity contribution in [3.05, 3.63) is 64.6 Å². The molecule has 1 aromatic heterocycles. The van der Waals surface area contributed by atoms with E-state index in [-0.39, 0.29) is 5.69 Å². The van der Waals surface area contributed by atoms with Gasteiger partial charge in [-0.05, 0) is 37.3 Å². The lowest BCUT2D eigenvalue weighted by molar-refractivity contribution is -0.384. The van der Waals surface area contributed by atoms with Gasteiger partial charge in [0.2, 0.25) is 0 Å². The summed E-state index contributed by atoms with van der Waals surface area (Å²) in [5, 5.41) is 14.9. The van der Waals surface area contributed by atoms with Crippen LogP contribution in [-0.4, -0.2) is 10.6 Å². The molecule has 1 heterocycles. The van der Waals surface area contributed by atoms with E-state index < -0.39 is 4.92 Å². The van der Waals surface area contributed by atoms with E-state index in [1.807, 2.05) is 6.07 Å². The number of nitrogens with one attached hydrogen (secondary N) is 1. The van der Waals surface area contributed by atoms with Crippen molar-refractivity contribution in [2.45, 2.75) is 6.92 Å². The maximum absolute atomic E-state index is 10.8. The fourth-order valence-corrected chi connectivity index (χ4v) is 1.50. The molecule has 0 saturated heterocycles. The number of nitrogens with zero attached hydrogens (tertiary/aromatic N) is 2. The Labute approximate surface area is 115 Å². The first-order chi connectivity index (χ1) is 9.66. The smallest absolute Gasteiger partial charge is 0.294 e. The second-order valence-corrected chi connectivity index (χ2v) is 3.99. The van der Waals surface area contributed by atoms with Crippen molar-refractivity contribution in [2.75, 3.05) is 5.43 Å². The molecule has 0 aliphatic rings. The Bertz CT molecular complexity index is 645. The predicted octanol–water partition coefficient (Wildman–Crippen LogP) is 3.69. The first-order valence-electron chi connectivity index (χ1n) is 5.92. The topological polar surface area (TPSA) is 80.7 Å². The quantitative estimate of drug-likeness (QED) is 0.511. The molecular formula is C14H13N3O3. The minimum atomic E-state index is -0.453. The minimum absolute atomic E-state index is 0.0148. The molecule has 6 heteroatoms. The number of furan rings is 1. The fourth-order valence-electron chi connectivity index (χ4n) is 1.50. The lowest BCUT2D eigenvalue weighted by atomic mass is 10.3. The molecule has 0 bridgehead atoms. The summed E-state index contributed by atoms with van der Waals surface area (Å²) in [5.41, 5.74) is 3.69. The van der Waals surface area contributed by atoms with Gasteiger partial charge in [-0.3, -0.25) is 15.5 Å². The monoisotopic (exact) mass is 271 g/mol.